The number of hydrogen-bond acceptors (Lipinski definition) is 9. The van der Waals surface area contributed by atoms with Crippen molar-refractivity contribution in [2.24, 2.45) is 5.41 Å². The summed E-state index contributed by atoms with van der Waals surface area (Å²) >= 11 is 0. The summed E-state index contributed by atoms with van der Waals surface area (Å²) in [5.41, 5.74) is 1.80. The third-order valence-corrected chi connectivity index (χ3v) is 7.53. The normalized spacial score (nSPS) is 13.9. The van der Waals surface area contributed by atoms with Crippen LogP contribution in [0.4, 0.5) is 46.3 Å². The van der Waals surface area contributed by atoms with Gasteiger partial charge in [0, 0.05) is 45.1 Å². The Balaban J connectivity index is 1.79. The number of rotatable bonds is 3. The molecule has 1 atom stereocenters. The maximum Gasteiger partial charge on any atom is 0.136 e. The molecule has 5 rings (SSSR count). The third-order valence-electron chi connectivity index (χ3n) is 7.53. The van der Waals surface area contributed by atoms with Crippen molar-refractivity contribution < 1.29 is 0 Å². The van der Waals surface area contributed by atoms with Crippen LogP contribution in [0.3, 0.4) is 0 Å². The van der Waals surface area contributed by atoms with E-state index >= 15 is 0 Å². The van der Waals surface area contributed by atoms with Crippen LogP contribution in [0, 0.1) is 28.1 Å². The van der Waals surface area contributed by atoms with Gasteiger partial charge in [-0.25, -0.2) is 15.0 Å². The number of pyridine rings is 3. The molecule has 0 spiro atoms. The molecule has 8 bridgehead atoms. The van der Waals surface area contributed by atoms with E-state index in [9.17, 15) is 10.5 Å². The summed E-state index contributed by atoms with van der Waals surface area (Å²) in [6.45, 7) is 3.74. The molecule has 206 valence electrons. The largest absolute Gasteiger partial charge is 0.329 e. The molecule has 0 amide bonds. The van der Waals surface area contributed by atoms with Gasteiger partial charge in [-0.1, -0.05) is 24.3 Å². The van der Waals surface area contributed by atoms with Gasteiger partial charge < -0.3 is 19.6 Å². The van der Waals surface area contributed by atoms with E-state index < -0.39 is 11.3 Å². The van der Waals surface area contributed by atoms with Crippen LogP contribution in [0.2, 0.25) is 0 Å². The molecular weight excluding hydrogens is 510 g/mol. The van der Waals surface area contributed by atoms with Crippen molar-refractivity contribution in [2.75, 3.05) is 47.8 Å². The van der Waals surface area contributed by atoms with Crippen LogP contribution in [0.15, 0.2) is 72.8 Å². The molecule has 0 radical (unpaired) electrons. The van der Waals surface area contributed by atoms with Crippen LogP contribution in [0.25, 0.3) is 0 Å². The molecule has 1 aliphatic heterocycles. The first-order valence-electron chi connectivity index (χ1n) is 13.4. The van der Waals surface area contributed by atoms with Gasteiger partial charge in [-0.2, -0.15) is 10.5 Å². The minimum atomic E-state index is -0.694. The molecule has 0 N–H and O–H groups in total. The van der Waals surface area contributed by atoms with Crippen molar-refractivity contribution in [2.45, 2.75) is 26.2 Å². The molecule has 4 heterocycles. The molecule has 0 aliphatic carbocycles. The quantitative estimate of drug-likeness (QED) is 0.276. The first kappa shape index (κ1) is 27.4. The Labute approximate surface area is 241 Å². The van der Waals surface area contributed by atoms with Crippen LogP contribution in [0.5, 0.6) is 0 Å². The summed E-state index contributed by atoms with van der Waals surface area (Å²) in [6, 6.07) is 28.5. The lowest BCUT2D eigenvalue weighted by atomic mass is 9.80. The average molecular weight is 544 g/mol. The number of hydrogen-bond donors (Lipinski definition) is 0. The molecule has 1 aliphatic rings. The van der Waals surface area contributed by atoms with Crippen molar-refractivity contribution in [1.82, 2.24) is 15.0 Å². The maximum absolute atomic E-state index is 10.5. The summed E-state index contributed by atoms with van der Waals surface area (Å²) in [4.78, 5) is 22.8. The highest BCUT2D eigenvalue weighted by Crippen LogP contribution is 2.44. The summed E-state index contributed by atoms with van der Waals surface area (Å²) in [5.74, 6) is 3.82. The Kier molecular flexibility index (Phi) is 7.21. The Morgan fingerprint density at radius 2 is 0.951 bits per heavy atom. The smallest absolute Gasteiger partial charge is 0.136 e. The highest BCUT2D eigenvalue weighted by atomic mass is 15.3. The molecule has 9 heteroatoms. The number of anilines is 8. The van der Waals surface area contributed by atoms with Crippen LogP contribution in [-0.2, 0) is 0 Å². The highest BCUT2D eigenvalue weighted by Gasteiger charge is 2.30. The van der Waals surface area contributed by atoms with E-state index in [1.807, 2.05) is 134 Å². The molecule has 9 nitrogen and oxygen atoms in total. The average Bonchev–Trinajstić information content (AvgIpc) is 3.01. The lowest BCUT2D eigenvalue weighted by Gasteiger charge is -2.31. The van der Waals surface area contributed by atoms with Crippen LogP contribution in [0.1, 0.15) is 31.7 Å². The standard InChI is InChI=1S/C32H33N9/c1-32(2,21-34)19-22(20-33)31-23-11-7-12-24(31)39(4)26-14-9-16-28(36-26)41(6)30-18-10-17-29(37-30)40(5)27-15-8-13-25(35-27)38(23)3/h7-18,22H,19H2,1-6H3/t22-/m0/s1. The van der Waals surface area contributed by atoms with E-state index in [2.05, 4.69) is 12.1 Å². The zero-order valence-electron chi connectivity index (χ0n) is 24.2. The van der Waals surface area contributed by atoms with Gasteiger partial charge >= 0.3 is 0 Å². The van der Waals surface area contributed by atoms with Crippen molar-refractivity contribution in [3.8, 4) is 12.1 Å². The fourth-order valence-electron chi connectivity index (χ4n) is 5.09. The predicted octanol–water partition coefficient (Wildman–Crippen LogP) is 6.80. The van der Waals surface area contributed by atoms with E-state index in [0.717, 1.165) is 40.2 Å². The van der Waals surface area contributed by atoms with E-state index in [1.165, 1.54) is 0 Å². The van der Waals surface area contributed by atoms with E-state index in [1.54, 1.807) is 0 Å². The third kappa shape index (κ3) is 5.22. The summed E-state index contributed by atoms with van der Waals surface area (Å²) in [7, 11) is 7.79. The molecule has 3 aromatic heterocycles. The number of nitriles is 2. The van der Waals surface area contributed by atoms with Crippen LogP contribution >= 0.6 is 0 Å². The van der Waals surface area contributed by atoms with Crippen molar-refractivity contribution in [3.63, 3.8) is 0 Å². The van der Waals surface area contributed by atoms with Crippen molar-refractivity contribution in [1.29, 1.82) is 10.5 Å². The fraction of sp³-hybridized carbons (Fsp3) is 0.281. The zero-order chi connectivity index (χ0) is 29.3. The SMILES string of the molecule is CN1c2cccc(n2)N(C)c2cccc(n2)N(C)c2cccc(c2[C@H](C#N)CC(C)(C)C#N)N(C)c2cccc1n2. The Bertz CT molecular complexity index is 1570. The first-order chi connectivity index (χ1) is 19.6. The fourth-order valence-corrected chi connectivity index (χ4v) is 5.09. The number of benzene rings is 1. The topological polar surface area (TPSA) is 99.2 Å². The van der Waals surface area contributed by atoms with Crippen LogP contribution in [-0.4, -0.2) is 43.1 Å². The number of aromatic nitrogens is 3. The van der Waals surface area contributed by atoms with Gasteiger partial charge in [0.1, 0.15) is 34.9 Å². The second-order valence-electron chi connectivity index (χ2n) is 10.9. The Hall–Kier alpha value is -5.15. The molecule has 0 fully saturated rings. The van der Waals surface area contributed by atoms with Gasteiger partial charge in [0.15, 0.2) is 0 Å². The van der Waals surface area contributed by atoms with Crippen molar-refractivity contribution in [3.05, 3.63) is 78.4 Å². The minimum Gasteiger partial charge on any atom is -0.329 e. The maximum atomic E-state index is 10.5. The molecule has 0 saturated heterocycles. The first-order valence-corrected chi connectivity index (χ1v) is 13.4. The van der Waals surface area contributed by atoms with Gasteiger partial charge in [-0.3, -0.25) is 0 Å². The lowest BCUT2D eigenvalue weighted by Crippen LogP contribution is -2.23. The Morgan fingerprint density at radius 3 is 1.29 bits per heavy atom. The van der Waals surface area contributed by atoms with Gasteiger partial charge in [-0.05, 0) is 68.8 Å². The molecule has 0 unspecified atom stereocenters. The van der Waals surface area contributed by atoms with Crippen LogP contribution < -0.4 is 19.6 Å². The van der Waals surface area contributed by atoms with Gasteiger partial charge in [0.25, 0.3) is 0 Å². The highest BCUT2D eigenvalue weighted by molar-refractivity contribution is 5.78. The van der Waals surface area contributed by atoms with Gasteiger partial charge in [-0.15, -0.1) is 0 Å². The Morgan fingerprint density at radius 1 is 0.610 bits per heavy atom. The van der Waals surface area contributed by atoms with E-state index in [-0.39, 0.29) is 0 Å². The second-order valence-corrected chi connectivity index (χ2v) is 10.9. The van der Waals surface area contributed by atoms with Crippen molar-refractivity contribution >= 4 is 46.3 Å². The van der Waals surface area contributed by atoms with E-state index in [0.29, 0.717) is 18.1 Å². The number of nitrogens with zero attached hydrogens (tertiary/aromatic N) is 9. The lowest BCUT2D eigenvalue weighted by molar-refractivity contribution is 0.433. The monoisotopic (exact) mass is 543 g/mol. The molecular formula is C32H33N9. The second kappa shape index (κ2) is 10.8. The molecule has 0 saturated carbocycles. The summed E-state index contributed by atoms with van der Waals surface area (Å²) in [6.07, 6.45) is 0.373. The molecule has 41 heavy (non-hydrogen) atoms. The van der Waals surface area contributed by atoms with Gasteiger partial charge in [0.2, 0.25) is 0 Å². The van der Waals surface area contributed by atoms with Gasteiger partial charge in [0.05, 0.1) is 23.5 Å². The predicted molar refractivity (Wildman–Crippen MR) is 164 cm³/mol. The zero-order valence-corrected chi connectivity index (χ0v) is 24.2. The molecule has 4 aromatic rings. The summed E-state index contributed by atoms with van der Waals surface area (Å²) in [5, 5.41) is 20.3. The number of fused-ring (bicyclic) bond motifs is 8. The minimum absolute atomic E-state index is 0.373. The molecule has 1 aromatic carbocycles. The summed E-state index contributed by atoms with van der Waals surface area (Å²) < 4.78 is 0. The van der Waals surface area contributed by atoms with E-state index in [4.69, 9.17) is 15.0 Å².